The molecule has 156 valence electrons. The highest BCUT2D eigenvalue weighted by atomic mass is 79.9. The minimum Gasteiger partial charge on any atom is -0.371 e. The van der Waals surface area contributed by atoms with Gasteiger partial charge in [0.25, 0.3) is 0 Å². The van der Waals surface area contributed by atoms with E-state index in [1.807, 2.05) is 24.3 Å². The van der Waals surface area contributed by atoms with E-state index in [9.17, 15) is 4.79 Å². The van der Waals surface area contributed by atoms with Crippen LogP contribution in [0, 0.1) is 5.92 Å². The van der Waals surface area contributed by atoms with Gasteiger partial charge in [0.2, 0.25) is 0 Å². The van der Waals surface area contributed by atoms with Crippen molar-refractivity contribution in [1.82, 2.24) is 25.4 Å². The number of carbonyl (C=O) groups excluding carboxylic acids is 1. The summed E-state index contributed by atoms with van der Waals surface area (Å²) in [5.74, 6) is 0.459. The van der Waals surface area contributed by atoms with E-state index in [-0.39, 0.29) is 6.03 Å². The predicted molar refractivity (Wildman–Crippen MR) is 120 cm³/mol. The van der Waals surface area contributed by atoms with Crippen molar-refractivity contribution in [2.75, 3.05) is 24.5 Å². The van der Waals surface area contributed by atoms with Crippen molar-refractivity contribution in [2.45, 2.75) is 19.5 Å². The number of aromatic nitrogens is 3. The third-order valence-corrected chi connectivity index (χ3v) is 5.76. The fourth-order valence-electron chi connectivity index (χ4n) is 3.73. The lowest BCUT2D eigenvalue weighted by Crippen LogP contribution is -2.38. The highest BCUT2D eigenvalue weighted by molar-refractivity contribution is 9.10. The van der Waals surface area contributed by atoms with E-state index in [1.165, 1.54) is 12.0 Å². The fourth-order valence-corrected chi connectivity index (χ4v) is 4.12. The summed E-state index contributed by atoms with van der Waals surface area (Å²) < 4.78 is 2.87. The first-order valence-electron chi connectivity index (χ1n) is 10.1. The number of amides is 2. The molecule has 1 fully saturated rings. The van der Waals surface area contributed by atoms with Gasteiger partial charge in [-0.25, -0.2) is 14.5 Å². The highest BCUT2D eigenvalue weighted by Gasteiger charge is 2.23. The topological polar surface area (TPSA) is 75.1 Å². The van der Waals surface area contributed by atoms with Crippen LogP contribution in [-0.4, -0.2) is 40.4 Å². The molecule has 0 saturated carbocycles. The normalized spacial score (nSPS) is 15.9. The van der Waals surface area contributed by atoms with E-state index in [2.05, 4.69) is 65.8 Å². The van der Waals surface area contributed by atoms with Crippen molar-refractivity contribution in [3.05, 3.63) is 76.8 Å². The first-order chi connectivity index (χ1) is 14.7. The van der Waals surface area contributed by atoms with Gasteiger partial charge < -0.3 is 15.5 Å². The zero-order valence-electron chi connectivity index (χ0n) is 16.7. The minimum atomic E-state index is -0.127. The van der Waals surface area contributed by atoms with Crippen molar-refractivity contribution >= 4 is 27.6 Å². The largest absolute Gasteiger partial charge is 0.371 e. The van der Waals surface area contributed by atoms with Gasteiger partial charge in [0.15, 0.2) is 0 Å². The summed E-state index contributed by atoms with van der Waals surface area (Å²) in [6, 6.07) is 16.4. The monoisotopic (exact) mass is 468 g/mol. The van der Waals surface area contributed by atoms with Crippen LogP contribution in [-0.2, 0) is 13.1 Å². The van der Waals surface area contributed by atoms with E-state index in [4.69, 9.17) is 0 Å². The molecule has 2 N–H and O–H groups in total. The Labute approximate surface area is 184 Å². The number of carbonyl (C=O) groups is 1. The maximum atomic E-state index is 12.2. The molecule has 0 radical (unpaired) electrons. The van der Waals surface area contributed by atoms with Gasteiger partial charge in [0, 0.05) is 36.3 Å². The second kappa shape index (κ2) is 9.75. The van der Waals surface area contributed by atoms with Crippen LogP contribution in [0.5, 0.6) is 0 Å². The van der Waals surface area contributed by atoms with Crippen LogP contribution in [0.3, 0.4) is 0 Å². The van der Waals surface area contributed by atoms with Gasteiger partial charge in [-0.1, -0.05) is 46.3 Å². The van der Waals surface area contributed by atoms with Gasteiger partial charge in [0.05, 0.1) is 6.54 Å². The first kappa shape index (κ1) is 20.4. The van der Waals surface area contributed by atoms with Gasteiger partial charge in [-0.2, -0.15) is 5.10 Å². The summed E-state index contributed by atoms with van der Waals surface area (Å²) in [6.45, 7) is 3.81. The molecule has 1 aliphatic rings. The molecular formula is C22H25BrN6O. The molecule has 2 heterocycles. The Morgan fingerprint density at radius 2 is 2.00 bits per heavy atom. The quantitative estimate of drug-likeness (QED) is 0.556. The smallest absolute Gasteiger partial charge is 0.315 e. The van der Waals surface area contributed by atoms with Gasteiger partial charge in [-0.15, -0.1) is 0 Å². The SMILES string of the molecule is O=C(NCc1cccc(Cn2cncn2)c1)NCC1CCN(c2cccc(Br)c2)C1. The third-order valence-electron chi connectivity index (χ3n) is 5.27. The predicted octanol–water partition coefficient (Wildman–Crippen LogP) is 3.41. The summed E-state index contributed by atoms with van der Waals surface area (Å²) >= 11 is 3.53. The van der Waals surface area contributed by atoms with Crippen LogP contribution in [0.1, 0.15) is 17.5 Å². The summed E-state index contributed by atoms with van der Waals surface area (Å²) in [6.07, 6.45) is 4.30. The Bertz CT molecular complexity index is 977. The summed E-state index contributed by atoms with van der Waals surface area (Å²) in [7, 11) is 0. The number of halogens is 1. The standard InChI is InChI=1S/C22H25BrN6O/c23-20-5-2-6-21(10-20)28-8-7-19(13-28)12-26-22(30)25-11-17-3-1-4-18(9-17)14-29-16-24-15-27-29/h1-6,9-10,15-16,19H,7-8,11-14H2,(H2,25,26,30). The zero-order valence-corrected chi connectivity index (χ0v) is 18.3. The van der Waals surface area contributed by atoms with Crippen molar-refractivity contribution in [1.29, 1.82) is 0 Å². The van der Waals surface area contributed by atoms with E-state index < -0.39 is 0 Å². The van der Waals surface area contributed by atoms with Gasteiger partial charge >= 0.3 is 6.03 Å². The Balaban J connectivity index is 1.20. The lowest BCUT2D eigenvalue weighted by Gasteiger charge is -2.19. The van der Waals surface area contributed by atoms with Crippen molar-refractivity contribution in [3.8, 4) is 0 Å². The highest BCUT2D eigenvalue weighted by Crippen LogP contribution is 2.25. The molecular weight excluding hydrogens is 444 g/mol. The fraction of sp³-hybridized carbons (Fsp3) is 0.318. The minimum absolute atomic E-state index is 0.127. The Morgan fingerprint density at radius 1 is 1.13 bits per heavy atom. The molecule has 1 atom stereocenters. The first-order valence-corrected chi connectivity index (χ1v) is 10.9. The number of nitrogens with zero attached hydrogens (tertiary/aromatic N) is 4. The molecule has 8 heteroatoms. The van der Waals surface area contributed by atoms with Crippen LogP contribution in [0.25, 0.3) is 0 Å². The number of anilines is 1. The van der Waals surface area contributed by atoms with Crippen LogP contribution < -0.4 is 15.5 Å². The molecule has 2 amide bonds. The number of hydrogen-bond donors (Lipinski definition) is 2. The molecule has 0 aliphatic carbocycles. The summed E-state index contributed by atoms with van der Waals surface area (Å²) in [5, 5.41) is 10.1. The number of benzene rings is 2. The average molecular weight is 469 g/mol. The van der Waals surface area contributed by atoms with Crippen LogP contribution >= 0.6 is 15.9 Å². The number of urea groups is 1. The van der Waals surface area contributed by atoms with Gasteiger partial charge in [0.1, 0.15) is 12.7 Å². The Hall–Kier alpha value is -2.87. The maximum Gasteiger partial charge on any atom is 0.315 e. The van der Waals surface area contributed by atoms with Crippen LogP contribution in [0.4, 0.5) is 10.5 Å². The molecule has 0 spiro atoms. The summed E-state index contributed by atoms with van der Waals surface area (Å²) in [5.41, 5.74) is 3.41. The molecule has 1 saturated heterocycles. The summed E-state index contributed by atoms with van der Waals surface area (Å²) in [4.78, 5) is 18.6. The van der Waals surface area contributed by atoms with E-state index in [1.54, 1.807) is 11.0 Å². The lowest BCUT2D eigenvalue weighted by atomic mass is 10.1. The molecule has 2 aromatic carbocycles. The van der Waals surface area contributed by atoms with E-state index in [0.29, 0.717) is 25.6 Å². The van der Waals surface area contributed by atoms with Crippen molar-refractivity contribution in [3.63, 3.8) is 0 Å². The van der Waals surface area contributed by atoms with Gasteiger partial charge in [-0.05, 0) is 41.7 Å². The average Bonchev–Trinajstić information content (AvgIpc) is 3.43. The second-order valence-corrected chi connectivity index (χ2v) is 8.47. The van der Waals surface area contributed by atoms with E-state index in [0.717, 1.165) is 35.1 Å². The number of hydrogen-bond acceptors (Lipinski definition) is 4. The number of nitrogens with one attached hydrogen (secondary N) is 2. The lowest BCUT2D eigenvalue weighted by molar-refractivity contribution is 0.239. The molecule has 1 aromatic heterocycles. The second-order valence-electron chi connectivity index (χ2n) is 7.56. The molecule has 4 rings (SSSR count). The number of rotatable bonds is 7. The Morgan fingerprint density at radius 3 is 2.83 bits per heavy atom. The molecule has 3 aromatic rings. The molecule has 1 aliphatic heterocycles. The molecule has 1 unspecified atom stereocenters. The van der Waals surface area contributed by atoms with Gasteiger partial charge in [-0.3, -0.25) is 0 Å². The zero-order chi connectivity index (χ0) is 20.8. The van der Waals surface area contributed by atoms with Crippen molar-refractivity contribution in [2.24, 2.45) is 5.92 Å². The van der Waals surface area contributed by atoms with Crippen molar-refractivity contribution < 1.29 is 4.79 Å². The molecule has 7 nitrogen and oxygen atoms in total. The van der Waals surface area contributed by atoms with Crippen LogP contribution in [0.2, 0.25) is 0 Å². The maximum absolute atomic E-state index is 12.2. The molecule has 30 heavy (non-hydrogen) atoms. The van der Waals surface area contributed by atoms with Crippen LogP contribution in [0.15, 0.2) is 65.7 Å². The Kier molecular flexibility index (Phi) is 6.63. The molecule has 0 bridgehead atoms. The van der Waals surface area contributed by atoms with E-state index >= 15 is 0 Å². The third kappa shape index (κ3) is 5.60.